The zero-order chi connectivity index (χ0) is 17.5. The molecule has 1 atom stereocenters. The number of hydrogen-bond donors (Lipinski definition) is 2. The van der Waals surface area contributed by atoms with Crippen LogP contribution in [0.5, 0.6) is 5.75 Å². The van der Waals surface area contributed by atoms with Gasteiger partial charge in [-0.2, -0.15) is 0 Å². The van der Waals surface area contributed by atoms with E-state index < -0.39 is 15.9 Å². The Bertz CT molecular complexity index is 640. The summed E-state index contributed by atoms with van der Waals surface area (Å²) < 4.78 is 31.3. The average Bonchev–Trinajstić information content (AvgIpc) is 2.52. The van der Waals surface area contributed by atoms with Crippen molar-refractivity contribution < 1.29 is 22.7 Å². The lowest BCUT2D eigenvalue weighted by Gasteiger charge is -2.11. The van der Waals surface area contributed by atoms with Crippen LogP contribution in [0.25, 0.3) is 0 Å². The molecule has 0 radical (unpaired) electrons. The fourth-order valence-electron chi connectivity index (χ4n) is 1.65. The third-order valence-electron chi connectivity index (χ3n) is 3.18. The molecule has 2 N–H and O–H groups in total. The zero-order valence-electron chi connectivity index (χ0n) is 13.5. The van der Waals surface area contributed by atoms with Gasteiger partial charge in [-0.15, -0.1) is 0 Å². The number of rotatable bonds is 8. The molecule has 0 spiro atoms. The number of benzene rings is 1. The Kier molecular flexibility index (Phi) is 7.02. The van der Waals surface area contributed by atoms with Gasteiger partial charge in [-0.05, 0) is 37.6 Å². The number of carbonyl (C=O) groups excluding carboxylic acids is 2. The van der Waals surface area contributed by atoms with Gasteiger partial charge in [-0.3, -0.25) is 9.59 Å². The number of nitrogens with one attached hydrogen (secondary N) is 2. The van der Waals surface area contributed by atoms with E-state index in [4.69, 9.17) is 4.74 Å². The van der Waals surface area contributed by atoms with Crippen molar-refractivity contribution >= 4 is 21.8 Å². The normalized spacial score (nSPS) is 12.3. The number of sulfonamides is 1. The molecule has 0 fully saturated rings. The average molecular weight is 342 g/mol. The molecule has 1 aromatic rings. The molecule has 0 bridgehead atoms. The summed E-state index contributed by atoms with van der Waals surface area (Å²) in [7, 11) is -3.97. The van der Waals surface area contributed by atoms with Gasteiger partial charge in [-0.25, -0.2) is 13.1 Å². The monoisotopic (exact) mass is 342 g/mol. The summed E-state index contributed by atoms with van der Waals surface area (Å²) in [5, 5.41) is 2.40. The highest BCUT2D eigenvalue weighted by Crippen LogP contribution is 2.15. The van der Waals surface area contributed by atoms with E-state index in [-0.39, 0.29) is 23.3 Å². The van der Waals surface area contributed by atoms with Gasteiger partial charge in [0.15, 0.2) is 0 Å². The molecule has 0 aliphatic heterocycles. The summed E-state index contributed by atoms with van der Waals surface area (Å²) >= 11 is 0. The van der Waals surface area contributed by atoms with E-state index in [0.29, 0.717) is 18.8 Å². The van der Waals surface area contributed by atoms with Crippen molar-refractivity contribution in [2.45, 2.75) is 32.1 Å². The van der Waals surface area contributed by atoms with Crippen molar-refractivity contribution in [1.29, 1.82) is 0 Å². The third kappa shape index (κ3) is 5.90. The predicted molar refractivity (Wildman–Crippen MR) is 85.4 cm³/mol. The fraction of sp³-hybridized carbons (Fsp3) is 0.467. The number of ether oxygens (including phenoxy) is 1. The van der Waals surface area contributed by atoms with Crippen LogP contribution in [0.3, 0.4) is 0 Å². The van der Waals surface area contributed by atoms with Gasteiger partial charge in [-0.1, -0.05) is 13.8 Å². The van der Waals surface area contributed by atoms with Crippen molar-refractivity contribution in [3.05, 3.63) is 24.3 Å². The first-order valence-corrected chi connectivity index (χ1v) is 8.84. The molecular formula is C15H22N2O5S. The zero-order valence-corrected chi connectivity index (χ0v) is 14.3. The van der Waals surface area contributed by atoms with Crippen LogP contribution < -0.4 is 14.8 Å². The maximum Gasteiger partial charge on any atom is 0.264 e. The maximum absolute atomic E-state index is 12.1. The van der Waals surface area contributed by atoms with E-state index in [1.807, 2.05) is 18.6 Å². The summed E-state index contributed by atoms with van der Waals surface area (Å²) in [4.78, 5) is 23.2. The van der Waals surface area contributed by atoms with Gasteiger partial charge in [0.2, 0.25) is 5.91 Å². The number of carbonyl (C=O) groups is 2. The predicted octanol–water partition coefficient (Wildman–Crippen LogP) is 1.05. The highest BCUT2D eigenvalue weighted by atomic mass is 32.2. The maximum atomic E-state index is 12.1. The first-order chi connectivity index (χ1) is 10.8. The van der Waals surface area contributed by atoms with Crippen molar-refractivity contribution in [2.75, 3.05) is 13.2 Å². The van der Waals surface area contributed by atoms with Crippen LogP contribution in [0.15, 0.2) is 29.2 Å². The molecule has 7 nitrogen and oxygen atoms in total. The van der Waals surface area contributed by atoms with Crippen molar-refractivity contribution in [1.82, 2.24) is 10.0 Å². The fourth-order valence-corrected chi connectivity index (χ4v) is 2.64. The highest BCUT2D eigenvalue weighted by Gasteiger charge is 2.19. The van der Waals surface area contributed by atoms with Gasteiger partial charge >= 0.3 is 0 Å². The molecule has 0 unspecified atom stereocenters. The molecule has 8 heteroatoms. The van der Waals surface area contributed by atoms with Gasteiger partial charge in [0.25, 0.3) is 15.9 Å². The van der Waals surface area contributed by atoms with Crippen molar-refractivity contribution in [3.8, 4) is 5.75 Å². The van der Waals surface area contributed by atoms with Gasteiger partial charge in [0.05, 0.1) is 18.0 Å². The van der Waals surface area contributed by atoms with E-state index in [2.05, 4.69) is 5.32 Å². The summed E-state index contributed by atoms with van der Waals surface area (Å²) in [5.74, 6) is -0.777. The SMILES string of the molecule is CCOc1ccc(S(=O)(=O)NC(=O)CNC(=O)[C@@H](C)CC)cc1. The highest BCUT2D eigenvalue weighted by molar-refractivity contribution is 7.90. The second-order valence-electron chi connectivity index (χ2n) is 4.96. The van der Waals surface area contributed by atoms with E-state index in [1.165, 1.54) is 24.3 Å². The number of amides is 2. The molecule has 23 heavy (non-hydrogen) atoms. The van der Waals surface area contributed by atoms with E-state index in [1.54, 1.807) is 6.92 Å². The summed E-state index contributed by atoms with van der Waals surface area (Å²) in [5.41, 5.74) is 0. The molecule has 0 saturated heterocycles. The van der Waals surface area contributed by atoms with Crippen LogP contribution in [0.4, 0.5) is 0 Å². The Hall–Kier alpha value is -2.09. The van der Waals surface area contributed by atoms with Crippen molar-refractivity contribution in [3.63, 3.8) is 0 Å². The van der Waals surface area contributed by atoms with Gasteiger partial charge in [0, 0.05) is 5.92 Å². The molecule has 2 amide bonds. The third-order valence-corrected chi connectivity index (χ3v) is 4.57. The largest absolute Gasteiger partial charge is 0.494 e. The van der Waals surface area contributed by atoms with Crippen LogP contribution in [0.1, 0.15) is 27.2 Å². The standard InChI is InChI=1S/C15H22N2O5S/c1-4-11(3)15(19)16-10-14(18)17-23(20,21)13-8-6-12(7-9-13)22-5-2/h6-9,11H,4-5,10H2,1-3H3,(H,16,19)(H,17,18)/t11-/m0/s1. The van der Waals surface area contributed by atoms with Gasteiger partial charge in [0.1, 0.15) is 5.75 Å². The van der Waals surface area contributed by atoms with Crippen LogP contribution in [-0.2, 0) is 19.6 Å². The Balaban J connectivity index is 2.63. The lowest BCUT2D eigenvalue weighted by Crippen LogP contribution is -2.41. The summed E-state index contributed by atoms with van der Waals surface area (Å²) in [6, 6.07) is 5.71. The Morgan fingerprint density at radius 3 is 2.30 bits per heavy atom. The molecule has 128 valence electrons. The Morgan fingerprint density at radius 2 is 1.78 bits per heavy atom. The second kappa shape index (κ2) is 8.52. The molecule has 1 rings (SSSR count). The lowest BCUT2D eigenvalue weighted by atomic mass is 10.1. The molecule has 0 aliphatic rings. The summed E-state index contributed by atoms with van der Waals surface area (Å²) in [6.45, 7) is 5.47. The van der Waals surface area contributed by atoms with Gasteiger partial charge < -0.3 is 10.1 Å². The van der Waals surface area contributed by atoms with Crippen LogP contribution in [0.2, 0.25) is 0 Å². The van der Waals surface area contributed by atoms with Crippen LogP contribution >= 0.6 is 0 Å². The van der Waals surface area contributed by atoms with E-state index >= 15 is 0 Å². The van der Waals surface area contributed by atoms with Crippen LogP contribution in [0, 0.1) is 5.92 Å². The topological polar surface area (TPSA) is 102 Å². The minimum atomic E-state index is -3.97. The van der Waals surface area contributed by atoms with E-state index in [0.717, 1.165) is 0 Å². The molecule has 0 aliphatic carbocycles. The van der Waals surface area contributed by atoms with E-state index in [9.17, 15) is 18.0 Å². The molecule has 0 aromatic heterocycles. The second-order valence-corrected chi connectivity index (χ2v) is 6.64. The Labute approximate surface area is 136 Å². The van der Waals surface area contributed by atoms with Crippen molar-refractivity contribution in [2.24, 2.45) is 5.92 Å². The lowest BCUT2D eigenvalue weighted by molar-refractivity contribution is -0.127. The smallest absolute Gasteiger partial charge is 0.264 e. The molecule has 1 aromatic carbocycles. The first kappa shape index (κ1) is 19.0. The molecular weight excluding hydrogens is 320 g/mol. The minimum absolute atomic E-state index is 0.0532. The molecule has 0 heterocycles. The summed E-state index contributed by atoms with van der Waals surface area (Å²) in [6.07, 6.45) is 0.637. The number of hydrogen-bond acceptors (Lipinski definition) is 5. The molecule has 0 saturated carbocycles. The van der Waals surface area contributed by atoms with Crippen LogP contribution in [-0.4, -0.2) is 33.4 Å². The Morgan fingerprint density at radius 1 is 1.17 bits per heavy atom. The first-order valence-electron chi connectivity index (χ1n) is 7.36. The quantitative estimate of drug-likeness (QED) is 0.735. The minimum Gasteiger partial charge on any atom is -0.494 e.